The number of H-pyrrole nitrogens is 2. The van der Waals surface area contributed by atoms with Crippen molar-refractivity contribution >= 4 is 11.8 Å². The normalized spacial score (nSPS) is 10.3. The van der Waals surface area contributed by atoms with E-state index in [0.29, 0.717) is 10.5 Å². The molecule has 1 aromatic carbocycles. The van der Waals surface area contributed by atoms with Gasteiger partial charge in [0, 0.05) is 0 Å². The number of hydrogen-bond acceptors (Lipinski definition) is 3. The summed E-state index contributed by atoms with van der Waals surface area (Å²) in [4.78, 5) is 23.7. The monoisotopic (exact) mass is 234 g/mol. The van der Waals surface area contributed by atoms with Crippen LogP contribution in [0.5, 0.6) is 0 Å². The van der Waals surface area contributed by atoms with Crippen LogP contribution in [0.1, 0.15) is 0 Å². The molecule has 1 aromatic heterocycles. The van der Waals surface area contributed by atoms with Gasteiger partial charge >= 0.3 is 0 Å². The van der Waals surface area contributed by atoms with Crippen molar-refractivity contribution < 1.29 is 0 Å². The number of rotatable bonds is 2. The van der Waals surface area contributed by atoms with Gasteiger partial charge in [-0.05, 0) is 11.8 Å². The van der Waals surface area contributed by atoms with Gasteiger partial charge in [0.1, 0.15) is 0 Å². The maximum Gasteiger partial charge on any atom is 0.276 e. The van der Waals surface area contributed by atoms with E-state index in [1.165, 1.54) is 11.8 Å². The summed E-state index contributed by atoms with van der Waals surface area (Å²) in [5.74, 6) is 0. The van der Waals surface area contributed by atoms with Gasteiger partial charge in [0.2, 0.25) is 0 Å². The molecule has 0 unspecified atom stereocenters. The van der Waals surface area contributed by atoms with Crippen LogP contribution < -0.4 is 11.1 Å². The summed E-state index contributed by atoms with van der Waals surface area (Å²) in [7, 11) is 0. The first-order valence-corrected chi connectivity index (χ1v) is 5.91. The molecule has 16 heavy (non-hydrogen) atoms. The Morgan fingerprint density at radius 3 is 2.25 bits per heavy atom. The molecule has 0 bridgehead atoms. The van der Waals surface area contributed by atoms with Gasteiger partial charge in [0.15, 0.2) is 0 Å². The lowest BCUT2D eigenvalue weighted by molar-refractivity contribution is 0.918. The highest BCUT2D eigenvalue weighted by molar-refractivity contribution is 7.98. The van der Waals surface area contributed by atoms with Gasteiger partial charge in [-0.25, -0.2) is 0 Å². The van der Waals surface area contributed by atoms with Crippen LogP contribution in [-0.2, 0) is 0 Å². The topological polar surface area (TPSA) is 65.7 Å². The number of nitrogens with one attached hydrogen (secondary N) is 2. The number of thioether (sulfide) groups is 1. The molecule has 0 aliphatic heterocycles. The third-order valence-electron chi connectivity index (χ3n) is 2.22. The lowest BCUT2D eigenvalue weighted by Crippen LogP contribution is -2.22. The summed E-state index contributed by atoms with van der Waals surface area (Å²) in [6, 6.07) is 9.15. The molecule has 0 radical (unpaired) electrons. The molecule has 0 atom stereocenters. The van der Waals surface area contributed by atoms with Gasteiger partial charge in [-0.2, -0.15) is 0 Å². The molecule has 82 valence electrons. The second kappa shape index (κ2) is 4.40. The van der Waals surface area contributed by atoms with E-state index in [1.807, 2.05) is 30.3 Å². The first-order valence-electron chi connectivity index (χ1n) is 4.68. The van der Waals surface area contributed by atoms with E-state index in [9.17, 15) is 9.59 Å². The number of benzene rings is 1. The first kappa shape index (κ1) is 10.8. The first-order chi connectivity index (χ1) is 7.74. The van der Waals surface area contributed by atoms with Crippen LogP contribution >= 0.6 is 11.8 Å². The molecule has 0 aliphatic rings. The summed E-state index contributed by atoms with van der Waals surface area (Å²) in [5, 5.41) is 4.65. The molecule has 0 aliphatic carbocycles. The molecule has 4 nitrogen and oxygen atoms in total. The summed E-state index contributed by atoms with van der Waals surface area (Å²) in [6.45, 7) is 0. The van der Waals surface area contributed by atoms with Gasteiger partial charge in [0.05, 0.1) is 10.5 Å². The third-order valence-corrected chi connectivity index (χ3v) is 3.01. The van der Waals surface area contributed by atoms with Gasteiger partial charge in [-0.3, -0.25) is 19.8 Å². The highest BCUT2D eigenvalue weighted by Gasteiger charge is 2.12. The predicted molar refractivity (Wildman–Crippen MR) is 64.9 cm³/mol. The average molecular weight is 234 g/mol. The number of aromatic nitrogens is 2. The Morgan fingerprint density at radius 2 is 1.62 bits per heavy atom. The maximum atomic E-state index is 11.7. The molecule has 2 N–H and O–H groups in total. The zero-order chi connectivity index (χ0) is 11.5. The molecule has 1 heterocycles. The summed E-state index contributed by atoms with van der Waals surface area (Å²) in [5.41, 5.74) is 0.622. The van der Waals surface area contributed by atoms with Crippen molar-refractivity contribution in [3.63, 3.8) is 0 Å². The second-order valence-electron chi connectivity index (χ2n) is 3.18. The Hall–Kier alpha value is -1.75. The van der Waals surface area contributed by atoms with Crippen LogP contribution in [0.2, 0.25) is 0 Å². The van der Waals surface area contributed by atoms with Crippen LogP contribution in [0.3, 0.4) is 0 Å². The van der Waals surface area contributed by atoms with Crippen molar-refractivity contribution in [2.24, 2.45) is 0 Å². The minimum Gasteiger partial charge on any atom is -0.267 e. The molecule has 5 heteroatoms. The Kier molecular flexibility index (Phi) is 2.96. The van der Waals surface area contributed by atoms with E-state index in [4.69, 9.17) is 0 Å². The minimum atomic E-state index is -0.282. The van der Waals surface area contributed by atoms with E-state index in [-0.39, 0.29) is 11.1 Å². The molecule has 2 rings (SSSR count). The van der Waals surface area contributed by atoms with Gasteiger partial charge < -0.3 is 0 Å². The lowest BCUT2D eigenvalue weighted by atomic mass is 10.1. The van der Waals surface area contributed by atoms with Crippen molar-refractivity contribution in [3.05, 3.63) is 51.0 Å². The van der Waals surface area contributed by atoms with Crippen molar-refractivity contribution in [1.82, 2.24) is 10.2 Å². The van der Waals surface area contributed by atoms with Crippen molar-refractivity contribution in [1.29, 1.82) is 0 Å². The average Bonchev–Trinajstić information content (AvgIpc) is 2.33. The highest BCUT2D eigenvalue weighted by atomic mass is 32.2. The Bertz CT molecular complexity index is 601. The van der Waals surface area contributed by atoms with E-state index >= 15 is 0 Å². The second-order valence-corrected chi connectivity index (χ2v) is 4.00. The quantitative estimate of drug-likeness (QED) is 0.773. The van der Waals surface area contributed by atoms with Gasteiger partial charge in [-0.1, -0.05) is 30.3 Å². The molecule has 0 spiro atoms. The molecular formula is C11H10N2O2S. The molecule has 0 amide bonds. The van der Waals surface area contributed by atoms with Gasteiger partial charge in [-0.15, -0.1) is 11.8 Å². The van der Waals surface area contributed by atoms with Crippen LogP contribution in [0.4, 0.5) is 0 Å². The Morgan fingerprint density at radius 1 is 1.00 bits per heavy atom. The molecule has 2 aromatic rings. The van der Waals surface area contributed by atoms with Gasteiger partial charge in [0.25, 0.3) is 11.1 Å². The van der Waals surface area contributed by atoms with E-state index in [0.717, 1.165) is 5.56 Å². The molecule has 0 saturated heterocycles. The molecule has 0 fully saturated rings. The summed E-state index contributed by atoms with van der Waals surface area (Å²) in [6.07, 6.45) is 1.77. The highest BCUT2D eigenvalue weighted by Crippen LogP contribution is 2.22. The smallest absolute Gasteiger partial charge is 0.267 e. The van der Waals surface area contributed by atoms with E-state index in [2.05, 4.69) is 10.2 Å². The largest absolute Gasteiger partial charge is 0.276 e. The van der Waals surface area contributed by atoms with Crippen LogP contribution in [0, 0.1) is 0 Å². The van der Waals surface area contributed by atoms with E-state index in [1.54, 1.807) is 6.26 Å². The van der Waals surface area contributed by atoms with E-state index < -0.39 is 0 Å². The SMILES string of the molecule is CSc1c(-c2ccccc2)c(=O)[nH][nH]c1=O. The Labute approximate surface area is 95.7 Å². The maximum absolute atomic E-state index is 11.7. The lowest BCUT2D eigenvalue weighted by Gasteiger charge is -2.04. The predicted octanol–water partition coefficient (Wildman–Crippen LogP) is 1.45. The molecular weight excluding hydrogens is 224 g/mol. The minimum absolute atomic E-state index is 0.272. The van der Waals surface area contributed by atoms with Crippen molar-refractivity contribution in [3.8, 4) is 11.1 Å². The standard InChI is InChI=1S/C11H10N2O2S/c1-16-9-8(7-5-3-2-4-6-7)10(14)12-13-11(9)15/h2-6H,1H3,(H,12,14)(H,13,15). The van der Waals surface area contributed by atoms with Crippen LogP contribution in [0.15, 0.2) is 44.8 Å². The number of hydrogen-bond donors (Lipinski definition) is 2. The Balaban J connectivity index is 2.79. The summed E-state index contributed by atoms with van der Waals surface area (Å²) >= 11 is 1.27. The van der Waals surface area contributed by atoms with Crippen molar-refractivity contribution in [2.75, 3.05) is 6.26 Å². The third kappa shape index (κ3) is 1.81. The fourth-order valence-electron chi connectivity index (χ4n) is 1.51. The molecule has 0 saturated carbocycles. The summed E-state index contributed by atoms with van der Waals surface area (Å²) < 4.78 is 0. The number of aromatic amines is 2. The van der Waals surface area contributed by atoms with Crippen LogP contribution in [-0.4, -0.2) is 16.5 Å². The fraction of sp³-hybridized carbons (Fsp3) is 0.0909. The fourth-order valence-corrected chi connectivity index (χ4v) is 2.16. The van der Waals surface area contributed by atoms with Crippen LogP contribution in [0.25, 0.3) is 11.1 Å². The van der Waals surface area contributed by atoms with Crippen molar-refractivity contribution in [2.45, 2.75) is 4.90 Å². The zero-order valence-electron chi connectivity index (χ0n) is 8.61. The zero-order valence-corrected chi connectivity index (χ0v) is 9.43.